The van der Waals surface area contributed by atoms with Crippen LogP contribution in [-0.2, 0) is 9.47 Å². The molecule has 0 bridgehead atoms. The van der Waals surface area contributed by atoms with Crippen LogP contribution >= 0.6 is 0 Å². The van der Waals surface area contributed by atoms with Gasteiger partial charge in [-0.15, -0.1) is 0 Å². The van der Waals surface area contributed by atoms with E-state index in [1.165, 1.54) is 0 Å². The van der Waals surface area contributed by atoms with Crippen molar-refractivity contribution in [2.45, 2.75) is 18.4 Å². The Labute approximate surface area is 61.5 Å². The first-order valence-corrected chi connectivity index (χ1v) is 4.38. The van der Waals surface area contributed by atoms with Crippen molar-refractivity contribution in [2.24, 2.45) is 5.73 Å². The van der Waals surface area contributed by atoms with E-state index in [4.69, 9.17) is 10.5 Å². The molecule has 1 saturated heterocycles. The summed E-state index contributed by atoms with van der Waals surface area (Å²) in [6.45, 7) is 0.672. The van der Waals surface area contributed by atoms with Crippen LogP contribution < -0.4 is 5.73 Å². The highest BCUT2D eigenvalue weighted by Crippen LogP contribution is 2.06. The molecule has 0 aromatic carbocycles. The van der Waals surface area contributed by atoms with E-state index in [1.54, 1.807) is 0 Å². The molecular formula is C5H9NO3Si. The third kappa shape index (κ3) is 2.36. The molecule has 0 aromatic heterocycles. The molecule has 1 heterocycles. The standard InChI is InChI=1S/C5H9NO3Si/c6-4(7)9-5-8-2-1-3-10-5/h5H,1-3H2,(H2,6,7). The number of rotatable bonds is 1. The summed E-state index contributed by atoms with van der Waals surface area (Å²) in [4.78, 5) is 10.2. The fourth-order valence-corrected chi connectivity index (χ4v) is 1.74. The van der Waals surface area contributed by atoms with E-state index in [-0.39, 0.29) is 5.91 Å². The van der Waals surface area contributed by atoms with E-state index in [0.29, 0.717) is 16.1 Å². The molecule has 1 fully saturated rings. The average Bonchev–Trinajstić information content (AvgIpc) is 1.88. The van der Waals surface area contributed by atoms with Gasteiger partial charge in [0.15, 0.2) is 5.91 Å². The predicted molar refractivity (Wildman–Crippen MR) is 35.6 cm³/mol. The summed E-state index contributed by atoms with van der Waals surface area (Å²) < 4.78 is 9.70. The quantitative estimate of drug-likeness (QED) is 0.544. The number of nitrogens with two attached hydrogens (primary N) is 1. The van der Waals surface area contributed by atoms with Crippen LogP contribution in [0, 0.1) is 0 Å². The molecule has 1 rings (SSSR count). The van der Waals surface area contributed by atoms with Gasteiger partial charge in [0.1, 0.15) is 9.52 Å². The van der Waals surface area contributed by atoms with Crippen molar-refractivity contribution in [1.29, 1.82) is 0 Å². The molecular weight excluding hydrogens is 150 g/mol. The van der Waals surface area contributed by atoms with Crippen LogP contribution in [-0.4, -0.2) is 28.1 Å². The zero-order valence-corrected chi connectivity index (χ0v) is 6.50. The zero-order chi connectivity index (χ0) is 7.40. The number of amides is 1. The van der Waals surface area contributed by atoms with Crippen LogP contribution in [0.4, 0.5) is 4.79 Å². The van der Waals surface area contributed by atoms with Crippen LogP contribution in [0.2, 0.25) is 6.04 Å². The molecule has 1 unspecified atom stereocenters. The molecule has 1 aliphatic heterocycles. The fraction of sp³-hybridized carbons (Fsp3) is 0.800. The molecule has 4 nitrogen and oxygen atoms in total. The second-order valence-corrected chi connectivity index (χ2v) is 3.33. The lowest BCUT2D eigenvalue weighted by Gasteiger charge is -2.20. The van der Waals surface area contributed by atoms with Crippen molar-refractivity contribution < 1.29 is 14.3 Å². The summed E-state index contributed by atoms with van der Waals surface area (Å²) in [7, 11) is 0.540. The Morgan fingerprint density at radius 1 is 1.80 bits per heavy atom. The summed E-state index contributed by atoms with van der Waals surface area (Å²) in [5.74, 6) is -0.369. The van der Waals surface area contributed by atoms with Crippen molar-refractivity contribution in [1.82, 2.24) is 0 Å². The van der Waals surface area contributed by atoms with E-state index in [0.717, 1.165) is 12.5 Å². The van der Waals surface area contributed by atoms with Crippen molar-refractivity contribution in [3.8, 4) is 0 Å². The van der Waals surface area contributed by atoms with Gasteiger partial charge in [-0.2, -0.15) is 0 Å². The Bertz CT molecular complexity index is 124. The molecule has 2 radical (unpaired) electrons. The number of carbonyl (C=O) groups excluding carboxylic acids is 1. The predicted octanol–water partition coefficient (Wildman–Crippen LogP) is -0.0919. The largest absolute Gasteiger partial charge is 0.425 e. The van der Waals surface area contributed by atoms with Gasteiger partial charge in [-0.05, 0) is 6.42 Å². The first-order valence-electron chi connectivity index (χ1n) is 3.10. The molecule has 10 heavy (non-hydrogen) atoms. The SMILES string of the molecule is NC(=O)OC1OCCC[Si]1. The molecule has 0 saturated carbocycles. The third-order valence-corrected chi connectivity index (χ3v) is 2.38. The minimum Gasteiger partial charge on any atom is -0.425 e. The van der Waals surface area contributed by atoms with E-state index >= 15 is 0 Å². The number of ether oxygens (including phenoxy) is 2. The van der Waals surface area contributed by atoms with Crippen LogP contribution in [0.5, 0.6) is 0 Å². The Morgan fingerprint density at radius 3 is 3.10 bits per heavy atom. The zero-order valence-electron chi connectivity index (χ0n) is 5.50. The highest BCUT2D eigenvalue weighted by molar-refractivity contribution is 6.37. The average molecular weight is 159 g/mol. The summed E-state index contributed by atoms with van der Waals surface area (Å²) >= 11 is 0. The van der Waals surface area contributed by atoms with Crippen molar-refractivity contribution in [3.05, 3.63) is 0 Å². The summed E-state index contributed by atoms with van der Waals surface area (Å²) in [6, 6.07) is 1.07. The number of carbonyl (C=O) groups is 1. The maximum Gasteiger partial charge on any atom is 0.406 e. The van der Waals surface area contributed by atoms with Crippen molar-refractivity contribution in [2.75, 3.05) is 6.61 Å². The van der Waals surface area contributed by atoms with Gasteiger partial charge in [-0.3, -0.25) is 0 Å². The van der Waals surface area contributed by atoms with Crippen LogP contribution in [0.1, 0.15) is 6.42 Å². The summed E-state index contributed by atoms with van der Waals surface area (Å²) in [5, 5.41) is 0. The lowest BCUT2D eigenvalue weighted by molar-refractivity contribution is -0.0553. The monoisotopic (exact) mass is 159 g/mol. The molecule has 2 N–H and O–H groups in total. The number of hydrogen-bond donors (Lipinski definition) is 1. The first-order chi connectivity index (χ1) is 4.79. The van der Waals surface area contributed by atoms with Gasteiger partial charge in [-0.1, -0.05) is 6.04 Å². The molecule has 1 atom stereocenters. The van der Waals surface area contributed by atoms with E-state index < -0.39 is 6.09 Å². The second-order valence-electron chi connectivity index (χ2n) is 1.95. The smallest absolute Gasteiger partial charge is 0.406 e. The van der Waals surface area contributed by atoms with Crippen LogP contribution in [0.15, 0.2) is 0 Å². The summed E-state index contributed by atoms with van der Waals surface area (Å²) in [5.41, 5.74) is 4.79. The van der Waals surface area contributed by atoms with Gasteiger partial charge >= 0.3 is 6.09 Å². The van der Waals surface area contributed by atoms with Crippen molar-refractivity contribution >= 4 is 15.6 Å². The first kappa shape index (κ1) is 7.55. The molecule has 0 aromatic rings. The van der Waals surface area contributed by atoms with Gasteiger partial charge in [0.05, 0.1) is 6.61 Å². The molecule has 1 aliphatic rings. The van der Waals surface area contributed by atoms with Crippen molar-refractivity contribution in [3.63, 3.8) is 0 Å². The lowest BCUT2D eigenvalue weighted by Crippen LogP contribution is -2.33. The minimum absolute atomic E-state index is 0.369. The molecule has 0 aliphatic carbocycles. The fourth-order valence-electron chi connectivity index (χ4n) is 0.723. The van der Waals surface area contributed by atoms with E-state index in [9.17, 15) is 4.79 Å². The third-order valence-electron chi connectivity index (χ3n) is 1.12. The minimum atomic E-state index is -0.751. The lowest BCUT2D eigenvalue weighted by atomic mass is 10.5. The van der Waals surface area contributed by atoms with E-state index in [1.807, 2.05) is 0 Å². The molecule has 5 heteroatoms. The highest BCUT2D eigenvalue weighted by Gasteiger charge is 2.16. The van der Waals surface area contributed by atoms with Gasteiger partial charge in [-0.25, -0.2) is 4.79 Å². The maximum atomic E-state index is 10.2. The highest BCUT2D eigenvalue weighted by atomic mass is 28.2. The van der Waals surface area contributed by atoms with Crippen LogP contribution in [0.25, 0.3) is 0 Å². The Hall–Kier alpha value is -0.553. The normalized spacial score (nSPS) is 25.8. The maximum absolute atomic E-state index is 10.2. The van der Waals surface area contributed by atoms with E-state index in [2.05, 4.69) is 4.74 Å². The Kier molecular flexibility index (Phi) is 2.70. The van der Waals surface area contributed by atoms with Crippen LogP contribution in [0.3, 0.4) is 0 Å². The van der Waals surface area contributed by atoms with Gasteiger partial charge in [0.2, 0.25) is 0 Å². The topological polar surface area (TPSA) is 61.6 Å². The molecule has 1 amide bonds. The number of hydrogen-bond acceptors (Lipinski definition) is 3. The summed E-state index contributed by atoms with van der Waals surface area (Å²) in [6.07, 6.45) is 0.302. The van der Waals surface area contributed by atoms with Gasteiger partial charge < -0.3 is 15.2 Å². The Morgan fingerprint density at radius 2 is 2.60 bits per heavy atom. The number of primary amides is 1. The molecule has 0 spiro atoms. The Balaban J connectivity index is 2.19. The van der Waals surface area contributed by atoms with Gasteiger partial charge in [0, 0.05) is 0 Å². The molecule has 56 valence electrons. The second kappa shape index (κ2) is 3.57. The van der Waals surface area contributed by atoms with Gasteiger partial charge in [0.25, 0.3) is 0 Å².